The second kappa shape index (κ2) is 27.9. The number of nitrogens with zero attached hydrogens (tertiary/aromatic N) is 1. The Morgan fingerprint density at radius 2 is 1.60 bits per heavy atom. The summed E-state index contributed by atoms with van der Waals surface area (Å²) in [5.41, 5.74) is 2.18. The number of halogens is 1. The number of cyclic esters (lactones) is 1. The van der Waals surface area contributed by atoms with Gasteiger partial charge in [0.1, 0.15) is 41.6 Å². The van der Waals surface area contributed by atoms with Crippen molar-refractivity contribution in [2.45, 2.75) is 178 Å². The average molecular weight is 1130 g/mol. The molecule has 1 saturated carbocycles. The summed E-state index contributed by atoms with van der Waals surface area (Å²) in [7, 11) is 6.28. The second-order valence-electron chi connectivity index (χ2n) is 21.5. The van der Waals surface area contributed by atoms with Gasteiger partial charge < -0.3 is 43.5 Å². The molecule has 1 amide bonds. The van der Waals surface area contributed by atoms with Crippen LogP contribution in [0.5, 0.6) is 11.5 Å². The number of aliphatic hydroxyl groups excluding tert-OH is 1. The van der Waals surface area contributed by atoms with E-state index >= 15 is 0 Å². The minimum Gasteiger partial charge on any atom is -0.497 e. The van der Waals surface area contributed by atoms with Crippen molar-refractivity contribution in [3.8, 4) is 11.5 Å². The highest BCUT2D eigenvalue weighted by Gasteiger charge is 2.53. The molecule has 1 aromatic rings. The first kappa shape index (κ1) is 60.1. The van der Waals surface area contributed by atoms with Crippen LogP contribution in [0, 0.1) is 35.5 Å². The van der Waals surface area contributed by atoms with Crippen molar-refractivity contribution in [2.24, 2.45) is 35.5 Å². The number of piperidine rings is 1. The zero-order valence-corrected chi connectivity index (χ0v) is 47.3. The van der Waals surface area contributed by atoms with E-state index in [9.17, 15) is 34.2 Å². The minimum atomic E-state index is -2.47. The molecule has 5 rings (SSSR count). The van der Waals surface area contributed by atoms with Crippen molar-refractivity contribution in [1.82, 2.24) is 4.90 Å². The Labute approximate surface area is 448 Å². The number of ketones is 3. The normalized spacial score (nSPS) is 37.2. The van der Waals surface area contributed by atoms with E-state index in [1.807, 2.05) is 70.2 Å². The van der Waals surface area contributed by atoms with Gasteiger partial charge in [0.2, 0.25) is 5.79 Å². The largest absolute Gasteiger partial charge is 0.497 e. The zero-order chi connectivity index (χ0) is 53.7. The lowest BCUT2D eigenvalue weighted by atomic mass is 9.79. The topological polar surface area (TPSA) is 184 Å². The lowest BCUT2D eigenvalue weighted by molar-refractivity contribution is -0.264. The standard InChI is InChI=1S/C58H84INO13/c1-34-17-13-12-14-18-35(2)45(44-24-23-42(68-8)32-50(44)69-9)31-43-22-20-40(7)58(67,73-43)55(64)56(65)60-26-16-15-19-47(60)57(66)72-49(37(4)29-41-21-25-46(59)51(30-41)70-10)33-48(61)36(3)28-39(6)53(63)54(71-11)52(62)38(5)27-34/h12-14,17-18,23-24,28,32,34,36-38,40-41,43,45-47,49,51,53-54,63,67H,15-16,19-22,25-27,29-31,33H2,1-11H3/b14-12+,17-13+,35-18+,39-28+/t34-,36-,37-,38-,40-,41+,43+,45+,46+,47+,49+,51-,53-,54+,58-/m1/s1. The predicted octanol–water partition coefficient (Wildman–Crippen LogP) is 9.41. The summed E-state index contributed by atoms with van der Waals surface area (Å²) in [5.74, 6) is -6.89. The Hall–Kier alpha value is -3.74. The Morgan fingerprint density at radius 3 is 2.29 bits per heavy atom. The number of hydrogen-bond donors (Lipinski definition) is 2. The molecule has 2 N–H and O–H groups in total. The zero-order valence-electron chi connectivity index (χ0n) is 45.2. The smallest absolute Gasteiger partial charge is 0.329 e. The van der Waals surface area contributed by atoms with Gasteiger partial charge in [-0.3, -0.25) is 19.2 Å². The van der Waals surface area contributed by atoms with Gasteiger partial charge in [-0.15, -0.1) is 0 Å². The molecule has 1 aromatic carbocycles. The van der Waals surface area contributed by atoms with Crippen LogP contribution in [0.2, 0.25) is 0 Å². The fourth-order valence-corrected chi connectivity index (χ4v) is 12.3. The lowest BCUT2D eigenvalue weighted by Crippen LogP contribution is -2.60. The number of carbonyl (C=O) groups excluding carboxylic acids is 5. The van der Waals surface area contributed by atoms with E-state index in [2.05, 4.69) is 22.6 Å². The average Bonchev–Trinajstić information content (AvgIpc) is 3.38. The summed E-state index contributed by atoms with van der Waals surface area (Å²) in [5, 5.41) is 23.9. The van der Waals surface area contributed by atoms with Crippen LogP contribution >= 0.6 is 22.6 Å². The van der Waals surface area contributed by atoms with Gasteiger partial charge in [-0.25, -0.2) is 4.79 Å². The first-order valence-electron chi connectivity index (χ1n) is 26.5. The van der Waals surface area contributed by atoms with Gasteiger partial charge in [0.05, 0.1) is 26.4 Å². The van der Waals surface area contributed by atoms with Crippen LogP contribution in [-0.4, -0.2) is 126 Å². The van der Waals surface area contributed by atoms with Crippen molar-refractivity contribution in [2.75, 3.05) is 35.0 Å². The Balaban J connectivity index is 1.53. The summed E-state index contributed by atoms with van der Waals surface area (Å²) in [6, 6.07) is 4.45. The van der Waals surface area contributed by atoms with Crippen LogP contribution in [0.4, 0.5) is 0 Å². The number of aliphatic hydroxyl groups is 2. The quantitative estimate of drug-likeness (QED) is 0.0826. The maximum atomic E-state index is 14.6. The van der Waals surface area contributed by atoms with Gasteiger partial charge in [-0.1, -0.05) is 105 Å². The minimum absolute atomic E-state index is 0.00273. The number of hydrogen-bond acceptors (Lipinski definition) is 13. The second-order valence-corrected chi connectivity index (χ2v) is 23.1. The first-order valence-corrected chi connectivity index (χ1v) is 27.7. The van der Waals surface area contributed by atoms with E-state index in [1.165, 1.54) is 12.0 Å². The highest BCUT2D eigenvalue weighted by atomic mass is 127. The van der Waals surface area contributed by atoms with Gasteiger partial charge in [0.25, 0.3) is 11.7 Å². The molecule has 0 radical (unpaired) electrons. The first-order chi connectivity index (χ1) is 34.7. The summed E-state index contributed by atoms with van der Waals surface area (Å²) in [6.45, 7) is 13.0. The maximum Gasteiger partial charge on any atom is 0.329 e. The molecule has 2 bridgehead atoms. The molecular weight excluding hydrogens is 1050 g/mol. The van der Waals surface area contributed by atoms with Gasteiger partial charge >= 0.3 is 5.97 Å². The summed E-state index contributed by atoms with van der Waals surface area (Å²) in [6.07, 6.45) is 13.8. The van der Waals surface area contributed by atoms with Crippen molar-refractivity contribution < 1.29 is 62.6 Å². The Morgan fingerprint density at radius 1 is 0.863 bits per heavy atom. The maximum absolute atomic E-state index is 14.6. The van der Waals surface area contributed by atoms with Crippen molar-refractivity contribution >= 4 is 51.8 Å². The summed E-state index contributed by atoms with van der Waals surface area (Å²) in [4.78, 5) is 73.1. The van der Waals surface area contributed by atoms with Crippen LogP contribution in [0.15, 0.2) is 65.8 Å². The Bertz CT molecular complexity index is 2190. The summed E-state index contributed by atoms with van der Waals surface area (Å²) < 4.78 is 36.0. The molecule has 0 aromatic heterocycles. The third kappa shape index (κ3) is 15.5. The molecule has 15 heteroatoms. The number of alkyl halides is 1. The van der Waals surface area contributed by atoms with Gasteiger partial charge in [-0.05, 0) is 114 Å². The fraction of sp³-hybridized carbons (Fsp3) is 0.672. The van der Waals surface area contributed by atoms with E-state index < -0.39 is 71.7 Å². The van der Waals surface area contributed by atoms with Gasteiger partial charge in [0.15, 0.2) is 5.78 Å². The number of ether oxygens (including phenoxy) is 6. The molecule has 15 atom stereocenters. The number of benzene rings is 1. The Kier molecular flexibility index (Phi) is 23.0. The third-order valence-electron chi connectivity index (χ3n) is 16.0. The molecule has 4 aliphatic rings. The number of carbonyl (C=O) groups is 5. The van der Waals surface area contributed by atoms with Crippen molar-refractivity contribution in [3.63, 3.8) is 0 Å². The lowest BCUT2D eigenvalue weighted by Gasteiger charge is -2.43. The van der Waals surface area contributed by atoms with E-state index in [-0.39, 0.29) is 60.7 Å². The number of fused-ring (bicyclic) bond motifs is 3. The summed E-state index contributed by atoms with van der Waals surface area (Å²) >= 11 is 2.44. The molecule has 406 valence electrons. The molecule has 3 aliphatic heterocycles. The van der Waals surface area contributed by atoms with Gasteiger partial charge in [-0.2, -0.15) is 0 Å². The molecule has 1 aliphatic carbocycles. The van der Waals surface area contributed by atoms with E-state index in [0.29, 0.717) is 65.9 Å². The number of esters is 1. The molecule has 0 spiro atoms. The molecule has 0 unspecified atom stereocenters. The highest BCUT2D eigenvalue weighted by Crippen LogP contribution is 2.43. The van der Waals surface area contributed by atoms with E-state index in [0.717, 1.165) is 30.4 Å². The van der Waals surface area contributed by atoms with Gasteiger partial charge in [0, 0.05) is 66.4 Å². The number of amides is 1. The van der Waals surface area contributed by atoms with Crippen LogP contribution in [0.3, 0.4) is 0 Å². The third-order valence-corrected chi connectivity index (χ3v) is 17.5. The van der Waals surface area contributed by atoms with Crippen LogP contribution in [0.1, 0.15) is 137 Å². The SMILES string of the molecule is COc1ccc([C@H]2C[C@@H]3CC[C@@H](C)[C@@](O)(O3)C(=O)C(=O)N3CCCC[C@H]3C(=O)O[C@H]([C@H](C)C[C@@H]3CC[C@H](I)[C@H](OC)C3)CC(=O)[C@H](C)/C=C(\C)[C@@H](O)[C@@H](OC)C(=O)[C@H](C)C[C@H](C)/C=C/C=C/C=C/2C)c(OC)c1. The molecule has 3 heterocycles. The fourth-order valence-electron chi connectivity index (χ4n) is 11.3. The molecule has 73 heavy (non-hydrogen) atoms. The molecule has 14 nitrogen and oxygen atoms in total. The molecule has 2 saturated heterocycles. The predicted molar refractivity (Wildman–Crippen MR) is 288 cm³/mol. The van der Waals surface area contributed by atoms with Crippen LogP contribution in [0.25, 0.3) is 0 Å². The van der Waals surface area contributed by atoms with Crippen molar-refractivity contribution in [3.05, 3.63) is 71.4 Å². The van der Waals surface area contributed by atoms with Crippen molar-refractivity contribution in [1.29, 1.82) is 0 Å². The number of Topliss-reactive ketones (excluding diaryl/α,β-unsaturated/α-hetero) is 3. The molecular formula is C58H84INO13. The highest BCUT2D eigenvalue weighted by molar-refractivity contribution is 14.1. The number of methoxy groups -OCH3 is 4. The van der Waals surface area contributed by atoms with Crippen LogP contribution in [-0.2, 0) is 42.9 Å². The van der Waals surface area contributed by atoms with Crippen LogP contribution < -0.4 is 9.47 Å². The molecule has 3 fully saturated rings. The van der Waals surface area contributed by atoms with E-state index in [4.69, 9.17) is 28.4 Å². The number of allylic oxidation sites excluding steroid dienone is 7. The monoisotopic (exact) mass is 1130 g/mol. The van der Waals surface area contributed by atoms with E-state index in [1.54, 1.807) is 54.2 Å². The number of rotatable bonds is 8.